The Hall–Kier alpha value is -1.14. The molecule has 0 bridgehead atoms. The Morgan fingerprint density at radius 3 is 2.46 bits per heavy atom. The molecule has 0 saturated carbocycles. The molecule has 0 rings (SSSR count). The molecule has 0 atom stereocenters. The van der Waals surface area contributed by atoms with E-state index >= 15 is 0 Å². The lowest BCUT2D eigenvalue weighted by atomic mass is 10.4. The number of hydrogen-bond acceptors (Lipinski definition) is 5. The first-order chi connectivity index (χ1) is 5.87. The average Bonchev–Trinajstić information content (AvgIpc) is 1.98. The molecule has 6 heteroatoms. The van der Waals surface area contributed by atoms with Gasteiger partial charge in [-0.1, -0.05) is 18.7 Å². The van der Waals surface area contributed by atoms with Crippen molar-refractivity contribution in [1.82, 2.24) is 5.48 Å². The van der Waals surface area contributed by atoms with Gasteiger partial charge >= 0.3 is 0 Å². The summed E-state index contributed by atoms with van der Waals surface area (Å²) in [5.41, 5.74) is 2.17. The van der Waals surface area contributed by atoms with Gasteiger partial charge < -0.3 is 0 Å². The Balaban J connectivity index is 4.12. The van der Waals surface area contributed by atoms with Crippen molar-refractivity contribution in [3.8, 4) is 0 Å². The van der Waals surface area contributed by atoms with Crippen LogP contribution in [0.2, 0.25) is 0 Å². The minimum Gasteiger partial charge on any atom is -0.296 e. The van der Waals surface area contributed by atoms with Crippen LogP contribution in [0.3, 0.4) is 0 Å². The lowest BCUT2D eigenvalue weighted by molar-refractivity contribution is -0.105. The zero-order valence-corrected chi connectivity index (χ0v) is 8.06. The maximum absolute atomic E-state index is 11.0. The molecule has 0 aliphatic rings. The summed E-state index contributed by atoms with van der Waals surface area (Å²) in [6.45, 7) is 8.12. The molecular weight excluding hydrogens is 194 g/mol. The number of allylic oxidation sites excluding steroid dienone is 1. The largest absolute Gasteiger partial charge is 0.296 e. The first-order valence-corrected chi connectivity index (χ1v) is 4.91. The van der Waals surface area contributed by atoms with Crippen molar-refractivity contribution in [2.24, 2.45) is 0 Å². The topological polar surface area (TPSA) is 72.5 Å². The summed E-state index contributed by atoms with van der Waals surface area (Å²) in [4.78, 5) is 9.99. The summed E-state index contributed by atoms with van der Waals surface area (Å²) in [7, 11) is -3.72. The number of nitrogens with one attached hydrogen (secondary N) is 1. The van der Waals surface area contributed by atoms with E-state index in [0.29, 0.717) is 11.9 Å². The van der Waals surface area contributed by atoms with Crippen LogP contribution in [0.5, 0.6) is 0 Å². The molecule has 0 heterocycles. The predicted molar refractivity (Wildman–Crippen MR) is 48.0 cm³/mol. The first kappa shape index (κ1) is 11.9. The molecule has 0 aromatic rings. The van der Waals surface area contributed by atoms with Crippen molar-refractivity contribution in [3.63, 3.8) is 0 Å². The average molecular weight is 205 g/mol. The highest BCUT2D eigenvalue weighted by molar-refractivity contribution is 7.86. The predicted octanol–water partition coefficient (Wildman–Crippen LogP) is 0.126. The van der Waals surface area contributed by atoms with Crippen molar-refractivity contribution in [2.75, 3.05) is 5.75 Å². The fourth-order valence-electron chi connectivity index (χ4n) is 0.472. The molecule has 0 aromatic carbocycles. The third-order valence-corrected chi connectivity index (χ3v) is 2.05. The molecule has 0 fully saturated rings. The van der Waals surface area contributed by atoms with E-state index in [-0.39, 0.29) is 11.4 Å². The van der Waals surface area contributed by atoms with Crippen molar-refractivity contribution in [2.45, 2.75) is 6.92 Å². The maximum Gasteiger partial charge on any atom is 0.291 e. The summed E-state index contributed by atoms with van der Waals surface area (Å²) in [5.74, 6) is -0.299. The molecule has 74 valence electrons. The highest BCUT2D eigenvalue weighted by Gasteiger charge is 2.11. The van der Waals surface area contributed by atoms with Gasteiger partial charge in [-0.05, 0) is 6.92 Å². The number of carbonyl (C=O) groups is 1. The quantitative estimate of drug-likeness (QED) is 0.289. The fourth-order valence-corrected chi connectivity index (χ4v) is 1.37. The van der Waals surface area contributed by atoms with Crippen LogP contribution in [0.25, 0.3) is 0 Å². The smallest absolute Gasteiger partial charge is 0.291 e. The Bertz CT molecular complexity index is 317. The van der Waals surface area contributed by atoms with Gasteiger partial charge in [0.15, 0.2) is 6.29 Å². The van der Waals surface area contributed by atoms with Crippen molar-refractivity contribution >= 4 is 16.4 Å². The molecule has 0 amide bonds. The van der Waals surface area contributed by atoms with E-state index in [1.807, 2.05) is 5.48 Å². The minimum absolute atomic E-state index is 0.162. The highest BCUT2D eigenvalue weighted by atomic mass is 32.2. The van der Waals surface area contributed by atoms with Crippen molar-refractivity contribution in [1.29, 1.82) is 0 Å². The van der Waals surface area contributed by atoms with Crippen LogP contribution >= 0.6 is 0 Å². The number of rotatable bonds is 6. The number of hydrogen-bond donors (Lipinski definition) is 1. The van der Waals surface area contributed by atoms with Crippen molar-refractivity contribution < 1.29 is 17.5 Å². The molecule has 0 saturated heterocycles. The Kier molecular flexibility index (Phi) is 4.36. The third kappa shape index (κ3) is 6.06. The third-order valence-electron chi connectivity index (χ3n) is 0.865. The zero-order chi connectivity index (χ0) is 10.5. The number of aldehydes is 1. The van der Waals surface area contributed by atoms with Crippen molar-refractivity contribution in [3.05, 3.63) is 24.4 Å². The van der Waals surface area contributed by atoms with Gasteiger partial charge in [0.25, 0.3) is 10.1 Å². The Morgan fingerprint density at radius 1 is 1.54 bits per heavy atom. The fraction of sp³-hybridized carbons (Fsp3) is 0.286. The lowest BCUT2D eigenvalue weighted by Gasteiger charge is -2.04. The van der Waals surface area contributed by atoms with Crippen LogP contribution < -0.4 is 5.48 Å². The second-order valence-electron chi connectivity index (χ2n) is 2.49. The van der Waals surface area contributed by atoms with E-state index < -0.39 is 10.1 Å². The van der Waals surface area contributed by atoms with Crippen LogP contribution in [0.15, 0.2) is 24.4 Å². The SMILES string of the molecule is C=C(C)CS(=O)(=O)ONC(=C)C=O. The summed E-state index contributed by atoms with van der Waals surface area (Å²) < 4.78 is 26.1. The summed E-state index contributed by atoms with van der Waals surface area (Å²) in [5, 5.41) is 0. The van der Waals surface area contributed by atoms with Gasteiger partial charge in [0.1, 0.15) is 0 Å². The van der Waals surface area contributed by atoms with Crippen LogP contribution in [-0.2, 0) is 19.2 Å². The molecule has 5 nitrogen and oxygen atoms in total. The molecule has 0 unspecified atom stereocenters. The van der Waals surface area contributed by atoms with Gasteiger partial charge in [0.05, 0.1) is 11.4 Å². The van der Waals surface area contributed by atoms with Crippen LogP contribution in [0.4, 0.5) is 0 Å². The minimum atomic E-state index is -3.72. The molecule has 0 radical (unpaired) electrons. The normalized spacial score (nSPS) is 10.5. The standard InChI is InChI=1S/C7H11NO4S/c1-6(2)5-13(10,11)12-8-7(3)4-9/h4,8H,1,3,5H2,2H3. The molecule has 1 N–H and O–H groups in total. The second kappa shape index (κ2) is 4.78. The molecule has 0 aliphatic carbocycles. The number of carbonyl (C=O) groups excluding carboxylic acids is 1. The van der Waals surface area contributed by atoms with Crippen LogP contribution in [0, 0.1) is 0 Å². The van der Waals surface area contributed by atoms with Crippen LogP contribution in [-0.4, -0.2) is 20.5 Å². The summed E-state index contributed by atoms with van der Waals surface area (Å²) >= 11 is 0. The summed E-state index contributed by atoms with van der Waals surface area (Å²) in [6, 6.07) is 0. The van der Waals surface area contributed by atoms with E-state index in [1.165, 1.54) is 0 Å². The lowest BCUT2D eigenvalue weighted by Crippen LogP contribution is -2.22. The van der Waals surface area contributed by atoms with Gasteiger partial charge in [-0.2, -0.15) is 12.7 Å². The maximum atomic E-state index is 11.0. The van der Waals surface area contributed by atoms with Gasteiger partial charge in [-0.15, -0.1) is 0 Å². The van der Waals surface area contributed by atoms with Gasteiger partial charge in [0, 0.05) is 0 Å². The zero-order valence-electron chi connectivity index (χ0n) is 7.24. The van der Waals surface area contributed by atoms with Gasteiger partial charge in [0.2, 0.25) is 0 Å². The molecular formula is C7H11NO4S. The van der Waals surface area contributed by atoms with E-state index in [9.17, 15) is 13.2 Å². The first-order valence-electron chi connectivity index (χ1n) is 3.33. The van der Waals surface area contributed by atoms with Gasteiger partial charge in [-0.3, -0.25) is 4.79 Å². The van der Waals surface area contributed by atoms with E-state index in [1.54, 1.807) is 6.92 Å². The van der Waals surface area contributed by atoms with E-state index in [4.69, 9.17) is 0 Å². The molecule has 13 heavy (non-hydrogen) atoms. The number of hydroxylamine groups is 1. The van der Waals surface area contributed by atoms with E-state index in [0.717, 1.165) is 0 Å². The highest BCUT2D eigenvalue weighted by Crippen LogP contribution is 1.98. The van der Waals surface area contributed by atoms with Gasteiger partial charge in [-0.25, -0.2) is 5.48 Å². The van der Waals surface area contributed by atoms with Crippen LogP contribution in [0.1, 0.15) is 6.92 Å². The Morgan fingerprint density at radius 2 is 2.08 bits per heavy atom. The van der Waals surface area contributed by atoms with E-state index in [2.05, 4.69) is 17.4 Å². The Labute approximate surface area is 77.2 Å². The second-order valence-corrected chi connectivity index (χ2v) is 4.06. The molecule has 0 aliphatic heterocycles. The summed E-state index contributed by atoms with van der Waals surface area (Å²) in [6.07, 6.45) is 0.344. The molecule has 0 aromatic heterocycles. The molecule has 0 spiro atoms. The monoisotopic (exact) mass is 205 g/mol.